The predicted octanol–water partition coefficient (Wildman–Crippen LogP) is 6.91. The van der Waals surface area contributed by atoms with E-state index in [1.165, 1.54) is 19.3 Å². The molecule has 2 amide bonds. The maximum Gasteiger partial charge on any atom is 0.255 e. The van der Waals surface area contributed by atoms with Crippen LogP contribution in [0.2, 0.25) is 0 Å². The summed E-state index contributed by atoms with van der Waals surface area (Å²) in [6, 6.07) is 24.9. The Kier molecular flexibility index (Phi) is 10.4. The number of aliphatic hydroxyl groups excluding tert-OH is 1. The van der Waals surface area contributed by atoms with Crippen LogP contribution in [-0.2, 0) is 20.9 Å². The Morgan fingerprint density at radius 1 is 0.851 bits per heavy atom. The van der Waals surface area contributed by atoms with Crippen molar-refractivity contribution in [3.63, 3.8) is 0 Å². The third kappa shape index (κ3) is 8.30. The molecule has 2 saturated heterocycles. The fourth-order valence-electron chi connectivity index (χ4n) is 7.51. The van der Waals surface area contributed by atoms with Crippen molar-refractivity contribution in [3.8, 4) is 0 Å². The molecule has 8 heteroatoms. The van der Waals surface area contributed by atoms with Gasteiger partial charge in [0.05, 0.1) is 24.9 Å². The van der Waals surface area contributed by atoms with Crippen LogP contribution in [0.3, 0.4) is 0 Å². The molecule has 2 heterocycles. The van der Waals surface area contributed by atoms with Gasteiger partial charge in [-0.3, -0.25) is 14.5 Å². The van der Waals surface area contributed by atoms with E-state index in [4.69, 9.17) is 9.47 Å². The summed E-state index contributed by atoms with van der Waals surface area (Å²) in [5.74, 6) is 0.551. The second-order valence-corrected chi connectivity index (χ2v) is 14.4. The van der Waals surface area contributed by atoms with Crippen molar-refractivity contribution in [2.45, 2.75) is 108 Å². The number of nitrogens with one attached hydrogen (secondary N) is 2. The first-order valence-corrected chi connectivity index (χ1v) is 17.2. The second kappa shape index (κ2) is 14.7. The van der Waals surface area contributed by atoms with Gasteiger partial charge in [-0.1, -0.05) is 67.4 Å². The maximum absolute atomic E-state index is 13.7. The molecule has 0 spiro atoms. The van der Waals surface area contributed by atoms with E-state index >= 15 is 0 Å². The van der Waals surface area contributed by atoms with Gasteiger partial charge < -0.3 is 25.2 Å². The molecule has 1 aliphatic carbocycles. The number of amides is 2. The first-order chi connectivity index (χ1) is 22.7. The van der Waals surface area contributed by atoms with Crippen LogP contribution in [-0.4, -0.2) is 52.1 Å². The molecule has 0 bridgehead atoms. The zero-order valence-corrected chi connectivity index (χ0v) is 27.9. The number of carbonyl (C=O) groups excluding carboxylic acids is 2. The van der Waals surface area contributed by atoms with E-state index in [9.17, 15) is 14.7 Å². The van der Waals surface area contributed by atoms with Gasteiger partial charge in [-0.25, -0.2) is 0 Å². The number of anilines is 1. The van der Waals surface area contributed by atoms with Crippen molar-refractivity contribution in [2.75, 3.05) is 11.9 Å². The van der Waals surface area contributed by atoms with Gasteiger partial charge in [0, 0.05) is 41.4 Å². The number of fused-ring (bicyclic) bond motifs is 1. The molecular weight excluding hydrogens is 590 g/mol. The second-order valence-electron chi connectivity index (χ2n) is 14.4. The highest BCUT2D eigenvalue weighted by atomic mass is 16.7. The average Bonchev–Trinajstić information content (AvgIpc) is 3.08. The molecule has 8 nitrogen and oxygen atoms in total. The molecule has 0 radical (unpaired) electrons. The van der Waals surface area contributed by atoms with E-state index in [1.54, 1.807) is 12.1 Å². The summed E-state index contributed by atoms with van der Waals surface area (Å²) < 4.78 is 13.4. The Morgan fingerprint density at radius 3 is 2.26 bits per heavy atom. The van der Waals surface area contributed by atoms with E-state index in [0.717, 1.165) is 36.0 Å². The van der Waals surface area contributed by atoms with Crippen molar-refractivity contribution in [1.29, 1.82) is 0 Å². The van der Waals surface area contributed by atoms with E-state index in [2.05, 4.69) is 15.5 Å². The smallest absolute Gasteiger partial charge is 0.255 e. The fourth-order valence-corrected chi connectivity index (χ4v) is 7.51. The Hall–Kier alpha value is -3.56. The van der Waals surface area contributed by atoms with Crippen LogP contribution in [0.1, 0.15) is 105 Å². The molecule has 250 valence electrons. The van der Waals surface area contributed by atoms with Gasteiger partial charge in [-0.2, -0.15) is 0 Å². The SMILES string of the molecule is CC(C)(C)NC(=O)[C@H]1CC[C@H]2CCCC[C@H]2N1C[C@H]1C[C@@H](c2ccc(CO)cc2)O[C@@H](c2ccc(NC(=O)c3ccccc3)cc2)O1. The summed E-state index contributed by atoms with van der Waals surface area (Å²) in [4.78, 5) is 28.9. The molecule has 3 fully saturated rings. The maximum atomic E-state index is 13.7. The largest absolute Gasteiger partial charge is 0.392 e. The lowest BCUT2D eigenvalue weighted by molar-refractivity contribution is -0.255. The molecular formula is C39H49N3O5. The van der Waals surface area contributed by atoms with Crippen LogP contribution in [0.5, 0.6) is 0 Å². The summed E-state index contributed by atoms with van der Waals surface area (Å²) >= 11 is 0. The minimum absolute atomic E-state index is 0.0111. The number of ether oxygens (including phenoxy) is 2. The van der Waals surface area contributed by atoms with E-state index in [-0.39, 0.29) is 42.2 Å². The van der Waals surface area contributed by atoms with Crippen LogP contribution >= 0.6 is 0 Å². The number of likely N-dealkylation sites (tertiary alicyclic amines) is 1. The molecule has 6 atom stereocenters. The lowest BCUT2D eigenvalue weighted by atomic mass is 9.75. The van der Waals surface area contributed by atoms with Gasteiger partial charge in [0.25, 0.3) is 5.91 Å². The molecule has 6 rings (SSSR count). The minimum Gasteiger partial charge on any atom is -0.392 e. The van der Waals surface area contributed by atoms with Gasteiger partial charge in [0.1, 0.15) is 0 Å². The summed E-state index contributed by atoms with van der Waals surface area (Å²) in [5.41, 5.74) is 3.73. The van der Waals surface area contributed by atoms with Gasteiger partial charge in [0.2, 0.25) is 5.91 Å². The highest BCUT2D eigenvalue weighted by molar-refractivity contribution is 6.04. The molecule has 0 unspecified atom stereocenters. The number of hydrogen-bond donors (Lipinski definition) is 3. The average molecular weight is 640 g/mol. The number of rotatable bonds is 8. The molecule has 3 aromatic rings. The molecule has 3 aromatic carbocycles. The molecule has 3 aliphatic rings. The Balaban J connectivity index is 1.24. The van der Waals surface area contributed by atoms with Crippen molar-refractivity contribution < 1.29 is 24.2 Å². The van der Waals surface area contributed by atoms with E-state index < -0.39 is 6.29 Å². The Morgan fingerprint density at radius 2 is 1.55 bits per heavy atom. The van der Waals surface area contributed by atoms with Crippen LogP contribution < -0.4 is 10.6 Å². The van der Waals surface area contributed by atoms with E-state index in [1.807, 2.05) is 87.5 Å². The van der Waals surface area contributed by atoms with Crippen LogP contribution in [0.15, 0.2) is 78.9 Å². The van der Waals surface area contributed by atoms with Gasteiger partial charge in [-0.05, 0) is 87.8 Å². The molecule has 0 aromatic heterocycles. The summed E-state index contributed by atoms with van der Waals surface area (Å²) in [6.45, 7) is 6.76. The fraction of sp³-hybridized carbons (Fsp3) is 0.487. The lowest BCUT2D eigenvalue weighted by Crippen LogP contribution is -2.61. The van der Waals surface area contributed by atoms with Crippen LogP contribution in [0.25, 0.3) is 0 Å². The third-order valence-corrected chi connectivity index (χ3v) is 9.81. The minimum atomic E-state index is -0.621. The summed E-state index contributed by atoms with van der Waals surface area (Å²) in [6.07, 6.45) is 6.37. The van der Waals surface area contributed by atoms with Gasteiger partial charge in [0.15, 0.2) is 6.29 Å². The first kappa shape index (κ1) is 33.3. The van der Waals surface area contributed by atoms with Crippen molar-refractivity contribution in [2.24, 2.45) is 5.92 Å². The standard InChI is InChI=1S/C39H49N3O5/c1-39(2,3)41-37(45)34-22-19-27-9-7-8-12-33(27)42(34)24-32-23-35(28-15-13-26(25-43)14-16-28)47-38(46-32)30-17-20-31(21-18-30)40-36(44)29-10-5-4-6-11-29/h4-6,10-11,13-18,20-21,27,32-35,38,43H,7-9,12,19,22-25H2,1-3H3,(H,40,44)(H,41,45)/t27-,32-,33-,34-,35+,38+/m1/s1. The number of aliphatic hydroxyl groups is 1. The number of carbonyl (C=O) groups is 2. The van der Waals surface area contributed by atoms with Crippen LogP contribution in [0.4, 0.5) is 5.69 Å². The number of nitrogens with zero attached hydrogens (tertiary/aromatic N) is 1. The van der Waals surface area contributed by atoms with Crippen molar-refractivity contribution in [1.82, 2.24) is 10.2 Å². The summed E-state index contributed by atoms with van der Waals surface area (Å²) in [7, 11) is 0. The van der Waals surface area contributed by atoms with Gasteiger partial charge in [-0.15, -0.1) is 0 Å². The first-order valence-electron chi connectivity index (χ1n) is 17.2. The third-order valence-electron chi connectivity index (χ3n) is 9.81. The Labute approximate surface area is 278 Å². The predicted molar refractivity (Wildman–Crippen MR) is 183 cm³/mol. The number of benzene rings is 3. The van der Waals surface area contributed by atoms with Crippen molar-refractivity contribution in [3.05, 3.63) is 101 Å². The topological polar surface area (TPSA) is 100 Å². The summed E-state index contributed by atoms with van der Waals surface area (Å²) in [5, 5.41) is 15.8. The normalized spacial score (nSPS) is 26.6. The highest BCUT2D eigenvalue weighted by Crippen LogP contribution is 2.42. The molecule has 1 saturated carbocycles. The molecule has 47 heavy (non-hydrogen) atoms. The number of hydrogen-bond acceptors (Lipinski definition) is 6. The van der Waals surface area contributed by atoms with Crippen LogP contribution in [0, 0.1) is 5.92 Å². The van der Waals surface area contributed by atoms with E-state index in [0.29, 0.717) is 36.2 Å². The number of piperidine rings is 1. The quantitative estimate of drug-likeness (QED) is 0.248. The monoisotopic (exact) mass is 639 g/mol. The van der Waals surface area contributed by atoms with Gasteiger partial charge >= 0.3 is 0 Å². The highest BCUT2D eigenvalue weighted by Gasteiger charge is 2.44. The molecule has 2 aliphatic heterocycles. The molecule has 3 N–H and O–H groups in total. The van der Waals surface area contributed by atoms with Crippen molar-refractivity contribution >= 4 is 17.5 Å². The zero-order valence-electron chi connectivity index (χ0n) is 27.9. The zero-order chi connectivity index (χ0) is 33.0. The Bertz CT molecular complexity index is 1490. The lowest BCUT2D eigenvalue weighted by Gasteiger charge is -2.50.